The topological polar surface area (TPSA) is 57.0 Å². The number of Topliss-reactive ketones (excluding diaryl/α,β-unsaturated/α-hetero) is 1. The normalized spacial score (nSPS) is 14.5. The minimum atomic E-state index is -0.0172. The Hall–Kier alpha value is -3.99. The molecule has 0 atom stereocenters. The van der Waals surface area contributed by atoms with Crippen LogP contribution in [0.1, 0.15) is 15.9 Å². The maximum Gasteiger partial charge on any atom is 0.196 e. The van der Waals surface area contributed by atoms with Gasteiger partial charge in [-0.25, -0.2) is 4.68 Å². The van der Waals surface area contributed by atoms with Crippen molar-refractivity contribution in [1.29, 1.82) is 0 Å². The maximum atomic E-state index is 13.0. The first-order chi connectivity index (χ1) is 14.3. The third-order valence-electron chi connectivity index (χ3n) is 4.83. The highest BCUT2D eigenvalue weighted by Gasteiger charge is 2.23. The summed E-state index contributed by atoms with van der Waals surface area (Å²) >= 11 is 0. The van der Waals surface area contributed by atoms with Crippen LogP contribution in [0.3, 0.4) is 0 Å². The van der Waals surface area contributed by atoms with Gasteiger partial charge in [0.1, 0.15) is 18.1 Å². The molecule has 0 aliphatic carbocycles. The molecule has 2 aromatic carbocycles. The second kappa shape index (κ2) is 7.20. The minimum Gasteiger partial charge on any atom is -0.488 e. The zero-order valence-electron chi connectivity index (χ0n) is 15.5. The Balaban J connectivity index is 1.62. The molecule has 0 N–H and O–H groups in total. The van der Waals surface area contributed by atoms with Crippen LogP contribution < -0.4 is 4.74 Å². The molecule has 0 bridgehead atoms. The number of carbonyl (C=O) groups is 1. The molecule has 3 heterocycles. The number of ether oxygens (including phenoxy) is 1. The molecule has 5 rings (SSSR count). The number of aromatic nitrogens is 3. The van der Waals surface area contributed by atoms with Crippen molar-refractivity contribution in [3.05, 3.63) is 102 Å². The quantitative estimate of drug-likeness (QED) is 0.489. The molecule has 0 radical (unpaired) electrons. The van der Waals surface area contributed by atoms with Gasteiger partial charge in [0.2, 0.25) is 0 Å². The summed E-state index contributed by atoms with van der Waals surface area (Å²) in [6, 6.07) is 21.0. The van der Waals surface area contributed by atoms with Crippen LogP contribution in [0, 0.1) is 0 Å². The van der Waals surface area contributed by atoms with Gasteiger partial charge in [-0.2, -0.15) is 5.10 Å². The summed E-state index contributed by atoms with van der Waals surface area (Å²) in [7, 11) is 0. The number of fused-ring (bicyclic) bond motifs is 1. The van der Waals surface area contributed by atoms with Crippen molar-refractivity contribution in [1.82, 2.24) is 14.8 Å². The van der Waals surface area contributed by atoms with E-state index >= 15 is 0 Å². The zero-order chi connectivity index (χ0) is 19.6. The largest absolute Gasteiger partial charge is 0.488 e. The first-order valence-electron chi connectivity index (χ1n) is 9.32. The first kappa shape index (κ1) is 17.1. The van der Waals surface area contributed by atoms with E-state index in [2.05, 4.69) is 4.98 Å². The SMILES string of the molecule is O=C1C(=Cc2cn(-c3ccccc3)nc2-c2cccnc2)COc2ccccc21. The first-order valence-corrected chi connectivity index (χ1v) is 9.32. The van der Waals surface area contributed by atoms with Crippen molar-refractivity contribution < 1.29 is 9.53 Å². The predicted molar refractivity (Wildman–Crippen MR) is 111 cm³/mol. The summed E-state index contributed by atoms with van der Waals surface area (Å²) in [5, 5.41) is 4.77. The lowest BCUT2D eigenvalue weighted by atomic mass is 9.98. The molecule has 0 spiro atoms. The lowest BCUT2D eigenvalue weighted by Gasteiger charge is -2.18. The second-order valence-corrected chi connectivity index (χ2v) is 6.74. The Kier molecular flexibility index (Phi) is 4.26. The molecular formula is C24H17N3O2. The van der Waals surface area contributed by atoms with E-state index in [1.165, 1.54) is 0 Å². The van der Waals surface area contributed by atoms with E-state index in [4.69, 9.17) is 9.84 Å². The van der Waals surface area contributed by atoms with Gasteiger partial charge >= 0.3 is 0 Å². The molecule has 1 aliphatic rings. The maximum absolute atomic E-state index is 13.0. The summed E-state index contributed by atoms with van der Waals surface area (Å²) in [5.74, 6) is 0.610. The number of para-hydroxylation sites is 2. The van der Waals surface area contributed by atoms with Crippen LogP contribution in [-0.4, -0.2) is 27.2 Å². The lowest BCUT2D eigenvalue weighted by Crippen LogP contribution is -2.18. The average Bonchev–Trinajstić information content (AvgIpc) is 3.21. The van der Waals surface area contributed by atoms with Gasteiger partial charge in [-0.3, -0.25) is 9.78 Å². The highest BCUT2D eigenvalue weighted by molar-refractivity contribution is 6.14. The predicted octanol–water partition coefficient (Wildman–Crippen LogP) is 4.59. The van der Waals surface area contributed by atoms with Crippen molar-refractivity contribution in [2.75, 3.05) is 6.61 Å². The molecule has 4 aromatic rings. The third-order valence-corrected chi connectivity index (χ3v) is 4.83. The Morgan fingerprint density at radius 3 is 2.62 bits per heavy atom. The highest BCUT2D eigenvalue weighted by Crippen LogP contribution is 2.30. The fraction of sp³-hybridized carbons (Fsp3) is 0.0417. The molecule has 2 aromatic heterocycles. The number of benzene rings is 2. The fourth-order valence-corrected chi connectivity index (χ4v) is 3.40. The van der Waals surface area contributed by atoms with Crippen LogP contribution >= 0.6 is 0 Å². The van der Waals surface area contributed by atoms with E-state index < -0.39 is 0 Å². The van der Waals surface area contributed by atoms with Gasteiger partial charge in [0.15, 0.2) is 5.78 Å². The summed E-state index contributed by atoms with van der Waals surface area (Å²) in [6.07, 6.45) is 7.30. The number of hydrogen-bond donors (Lipinski definition) is 0. The molecule has 0 fully saturated rings. The highest BCUT2D eigenvalue weighted by atomic mass is 16.5. The fourth-order valence-electron chi connectivity index (χ4n) is 3.40. The number of pyridine rings is 1. The Bertz CT molecular complexity index is 1210. The van der Waals surface area contributed by atoms with Gasteiger partial charge in [0, 0.05) is 35.3 Å². The molecule has 0 saturated carbocycles. The van der Waals surface area contributed by atoms with Crippen molar-refractivity contribution in [3.63, 3.8) is 0 Å². The van der Waals surface area contributed by atoms with E-state index in [9.17, 15) is 4.79 Å². The molecule has 5 nitrogen and oxygen atoms in total. The number of carbonyl (C=O) groups excluding carboxylic acids is 1. The Morgan fingerprint density at radius 1 is 0.966 bits per heavy atom. The van der Waals surface area contributed by atoms with Crippen molar-refractivity contribution in [2.24, 2.45) is 0 Å². The molecule has 1 aliphatic heterocycles. The number of ketones is 1. The third kappa shape index (κ3) is 3.23. The molecule has 0 unspecified atom stereocenters. The van der Waals surface area contributed by atoms with E-state index in [1.807, 2.05) is 77.6 Å². The van der Waals surface area contributed by atoms with E-state index in [-0.39, 0.29) is 12.4 Å². The average molecular weight is 379 g/mol. The van der Waals surface area contributed by atoms with Gasteiger partial charge in [0.25, 0.3) is 0 Å². The van der Waals surface area contributed by atoms with Gasteiger partial charge in [-0.15, -0.1) is 0 Å². The van der Waals surface area contributed by atoms with Gasteiger partial charge in [0.05, 0.1) is 11.3 Å². The summed E-state index contributed by atoms with van der Waals surface area (Å²) < 4.78 is 7.60. The lowest BCUT2D eigenvalue weighted by molar-refractivity contribution is 0.100. The standard InChI is InChI=1S/C24H17N3O2/c28-24-19(16-29-22-11-5-4-10-21(22)24)13-18-15-27(20-8-2-1-3-9-20)26-23(18)17-7-6-12-25-14-17/h1-15H,16H2. The smallest absolute Gasteiger partial charge is 0.196 e. The van der Waals surface area contributed by atoms with Crippen LogP contribution in [0.25, 0.3) is 23.0 Å². The van der Waals surface area contributed by atoms with Crippen LogP contribution in [0.5, 0.6) is 5.75 Å². The monoisotopic (exact) mass is 379 g/mol. The number of hydrogen-bond acceptors (Lipinski definition) is 4. The van der Waals surface area contributed by atoms with Crippen LogP contribution in [0.15, 0.2) is 90.9 Å². The molecule has 140 valence electrons. The molecular weight excluding hydrogens is 362 g/mol. The van der Waals surface area contributed by atoms with Crippen molar-refractivity contribution in [3.8, 4) is 22.7 Å². The van der Waals surface area contributed by atoms with Crippen molar-refractivity contribution >= 4 is 11.9 Å². The number of rotatable bonds is 3. The second-order valence-electron chi connectivity index (χ2n) is 6.74. The molecule has 0 saturated heterocycles. The van der Waals surface area contributed by atoms with Crippen LogP contribution in [0.2, 0.25) is 0 Å². The molecule has 0 amide bonds. The van der Waals surface area contributed by atoms with Crippen LogP contribution in [0.4, 0.5) is 0 Å². The van der Waals surface area contributed by atoms with Crippen LogP contribution in [-0.2, 0) is 0 Å². The molecule has 5 heteroatoms. The minimum absolute atomic E-state index is 0.0172. The summed E-state index contributed by atoms with van der Waals surface area (Å²) in [4.78, 5) is 17.2. The van der Waals surface area contributed by atoms with Gasteiger partial charge in [-0.1, -0.05) is 30.3 Å². The van der Waals surface area contributed by atoms with E-state index in [0.717, 1.165) is 22.5 Å². The van der Waals surface area contributed by atoms with Crippen molar-refractivity contribution in [2.45, 2.75) is 0 Å². The molecule has 29 heavy (non-hydrogen) atoms. The summed E-state index contributed by atoms with van der Waals surface area (Å²) in [5.41, 5.74) is 4.62. The number of nitrogens with zero attached hydrogens (tertiary/aromatic N) is 3. The van der Waals surface area contributed by atoms with E-state index in [0.29, 0.717) is 16.9 Å². The van der Waals surface area contributed by atoms with Gasteiger partial charge < -0.3 is 4.74 Å². The van der Waals surface area contributed by atoms with Gasteiger partial charge in [-0.05, 0) is 42.5 Å². The Labute approximate surface area is 167 Å². The zero-order valence-corrected chi connectivity index (χ0v) is 15.5. The van der Waals surface area contributed by atoms with E-state index in [1.54, 1.807) is 18.5 Å². The Morgan fingerprint density at radius 2 is 1.79 bits per heavy atom. The summed E-state index contributed by atoms with van der Waals surface area (Å²) in [6.45, 7) is 0.235.